The highest BCUT2D eigenvalue weighted by molar-refractivity contribution is 7.12. The lowest BCUT2D eigenvalue weighted by molar-refractivity contribution is 0.302. The van der Waals surface area contributed by atoms with E-state index >= 15 is 0 Å². The minimum atomic E-state index is 0.591. The third kappa shape index (κ3) is 3.58. The van der Waals surface area contributed by atoms with E-state index < -0.39 is 0 Å². The van der Waals surface area contributed by atoms with E-state index in [9.17, 15) is 0 Å². The second-order valence-electron chi connectivity index (χ2n) is 5.53. The van der Waals surface area contributed by atoms with E-state index in [1.165, 1.54) is 56.2 Å². The zero-order valence-electron chi connectivity index (χ0n) is 11.9. The van der Waals surface area contributed by atoms with Crippen molar-refractivity contribution in [2.75, 3.05) is 7.05 Å². The number of rotatable bonds is 4. The summed E-state index contributed by atoms with van der Waals surface area (Å²) in [7, 11) is 2.13. The molecule has 1 N–H and O–H groups in total. The molecule has 0 aromatic carbocycles. The molecule has 0 aliphatic heterocycles. The van der Waals surface area contributed by atoms with Gasteiger partial charge in [-0.3, -0.25) is 0 Å². The molecule has 1 heterocycles. The summed E-state index contributed by atoms with van der Waals surface area (Å²) in [5.74, 6) is 0.846. The van der Waals surface area contributed by atoms with Crippen molar-refractivity contribution in [3.63, 3.8) is 0 Å². The van der Waals surface area contributed by atoms with E-state index in [0.29, 0.717) is 6.04 Å². The average molecular weight is 265 g/mol. The zero-order chi connectivity index (χ0) is 12.8. The van der Waals surface area contributed by atoms with Crippen LogP contribution in [0.1, 0.15) is 67.7 Å². The normalized spacial score (nSPS) is 20.3. The zero-order valence-corrected chi connectivity index (χ0v) is 12.7. The quantitative estimate of drug-likeness (QED) is 0.814. The lowest BCUT2D eigenvalue weighted by Gasteiger charge is -2.27. The van der Waals surface area contributed by atoms with Crippen LogP contribution in [-0.2, 0) is 6.42 Å². The highest BCUT2D eigenvalue weighted by Crippen LogP contribution is 2.35. The van der Waals surface area contributed by atoms with Gasteiger partial charge < -0.3 is 5.32 Å². The van der Waals surface area contributed by atoms with Gasteiger partial charge in [0.1, 0.15) is 0 Å². The van der Waals surface area contributed by atoms with Crippen LogP contribution in [0.15, 0.2) is 12.1 Å². The van der Waals surface area contributed by atoms with Crippen LogP contribution in [0.4, 0.5) is 0 Å². The van der Waals surface area contributed by atoms with Gasteiger partial charge in [0.05, 0.1) is 0 Å². The van der Waals surface area contributed by atoms with Crippen LogP contribution in [0.25, 0.3) is 0 Å². The van der Waals surface area contributed by atoms with Crippen LogP contribution < -0.4 is 5.32 Å². The smallest absolute Gasteiger partial charge is 0.0441 e. The second-order valence-corrected chi connectivity index (χ2v) is 6.73. The van der Waals surface area contributed by atoms with Crippen LogP contribution in [0.5, 0.6) is 0 Å². The van der Waals surface area contributed by atoms with E-state index in [-0.39, 0.29) is 0 Å². The highest BCUT2D eigenvalue weighted by atomic mass is 32.1. The number of nitrogens with one attached hydrogen (secondary N) is 1. The van der Waals surface area contributed by atoms with Gasteiger partial charge >= 0.3 is 0 Å². The first-order chi connectivity index (χ1) is 8.85. The van der Waals surface area contributed by atoms with Gasteiger partial charge in [0, 0.05) is 15.8 Å². The standard InChI is InChI=1S/C16H27NS/c1-3-14-11-12-15(18-14)16(17-2)13-9-7-5-4-6-8-10-13/h11-13,16-17H,3-10H2,1-2H3. The lowest BCUT2D eigenvalue weighted by Crippen LogP contribution is -2.25. The molecular formula is C16H27NS. The van der Waals surface area contributed by atoms with E-state index in [4.69, 9.17) is 0 Å². The number of aryl methyl sites for hydroxylation is 1. The first-order valence-electron chi connectivity index (χ1n) is 7.61. The monoisotopic (exact) mass is 265 g/mol. The van der Waals surface area contributed by atoms with Crippen LogP contribution in [0.2, 0.25) is 0 Å². The van der Waals surface area contributed by atoms with Crippen molar-refractivity contribution in [1.82, 2.24) is 5.32 Å². The molecule has 0 saturated heterocycles. The maximum Gasteiger partial charge on any atom is 0.0441 e. The molecule has 1 fully saturated rings. The fraction of sp³-hybridized carbons (Fsp3) is 0.750. The molecule has 1 saturated carbocycles. The Kier molecular flexibility index (Phi) is 5.71. The Morgan fingerprint density at radius 1 is 1.17 bits per heavy atom. The summed E-state index contributed by atoms with van der Waals surface area (Å²) < 4.78 is 0. The van der Waals surface area contributed by atoms with Crippen LogP contribution >= 0.6 is 11.3 Å². The van der Waals surface area contributed by atoms with Gasteiger partial charge in [-0.15, -0.1) is 11.3 Å². The summed E-state index contributed by atoms with van der Waals surface area (Å²) in [6, 6.07) is 5.25. The first kappa shape index (κ1) is 14.1. The largest absolute Gasteiger partial charge is 0.312 e. The fourth-order valence-electron chi connectivity index (χ4n) is 3.18. The molecule has 1 atom stereocenters. The molecule has 18 heavy (non-hydrogen) atoms. The van der Waals surface area contributed by atoms with Crippen LogP contribution in [-0.4, -0.2) is 7.05 Å². The molecule has 1 unspecified atom stereocenters. The van der Waals surface area contributed by atoms with E-state index in [1.807, 2.05) is 11.3 Å². The summed E-state index contributed by atoms with van der Waals surface area (Å²) in [5.41, 5.74) is 0. The Labute approximate surface area is 116 Å². The molecule has 2 rings (SSSR count). The second kappa shape index (κ2) is 7.30. The molecule has 0 radical (unpaired) electrons. The maximum atomic E-state index is 3.58. The average Bonchev–Trinajstić information content (AvgIpc) is 2.81. The predicted molar refractivity (Wildman–Crippen MR) is 81.3 cm³/mol. The lowest BCUT2D eigenvalue weighted by atomic mass is 9.85. The van der Waals surface area contributed by atoms with Crippen molar-refractivity contribution in [2.45, 2.75) is 64.3 Å². The van der Waals surface area contributed by atoms with Crippen LogP contribution in [0, 0.1) is 5.92 Å². The SMILES string of the molecule is CCc1ccc(C(NC)C2CCCCCCC2)s1. The van der Waals surface area contributed by atoms with Crippen molar-refractivity contribution in [3.05, 3.63) is 21.9 Å². The molecule has 0 bridgehead atoms. The van der Waals surface area contributed by atoms with Gasteiger partial charge in [-0.2, -0.15) is 0 Å². The minimum Gasteiger partial charge on any atom is -0.312 e. The Balaban J connectivity index is 2.05. The number of thiophene rings is 1. The number of hydrogen-bond acceptors (Lipinski definition) is 2. The molecule has 0 amide bonds. The van der Waals surface area contributed by atoms with Crippen molar-refractivity contribution < 1.29 is 0 Å². The van der Waals surface area contributed by atoms with Gasteiger partial charge in [0.25, 0.3) is 0 Å². The van der Waals surface area contributed by atoms with Gasteiger partial charge in [-0.05, 0) is 44.4 Å². The van der Waals surface area contributed by atoms with Crippen molar-refractivity contribution in [1.29, 1.82) is 0 Å². The van der Waals surface area contributed by atoms with Crippen molar-refractivity contribution in [2.24, 2.45) is 5.92 Å². The van der Waals surface area contributed by atoms with E-state index in [2.05, 4.69) is 31.4 Å². The highest BCUT2D eigenvalue weighted by Gasteiger charge is 2.23. The van der Waals surface area contributed by atoms with Crippen molar-refractivity contribution >= 4 is 11.3 Å². The maximum absolute atomic E-state index is 3.58. The summed E-state index contributed by atoms with van der Waals surface area (Å²) in [6.45, 7) is 2.25. The Hall–Kier alpha value is -0.340. The third-order valence-corrected chi connectivity index (χ3v) is 5.58. The van der Waals surface area contributed by atoms with Gasteiger partial charge in [-0.1, -0.05) is 39.0 Å². The van der Waals surface area contributed by atoms with Crippen LogP contribution in [0.3, 0.4) is 0 Å². The molecular weight excluding hydrogens is 238 g/mol. The van der Waals surface area contributed by atoms with E-state index in [1.54, 1.807) is 4.88 Å². The molecule has 1 aliphatic rings. The first-order valence-corrected chi connectivity index (χ1v) is 8.42. The molecule has 102 valence electrons. The Bertz CT molecular complexity index is 337. The molecule has 1 nitrogen and oxygen atoms in total. The van der Waals surface area contributed by atoms with Gasteiger partial charge in [0.15, 0.2) is 0 Å². The fourth-order valence-corrected chi connectivity index (χ4v) is 4.34. The molecule has 1 aromatic heterocycles. The summed E-state index contributed by atoms with van der Waals surface area (Å²) >= 11 is 2.01. The molecule has 1 aromatic rings. The molecule has 1 aliphatic carbocycles. The van der Waals surface area contributed by atoms with Gasteiger partial charge in [0.2, 0.25) is 0 Å². The summed E-state index contributed by atoms with van der Waals surface area (Å²) in [5, 5.41) is 3.58. The Morgan fingerprint density at radius 2 is 1.83 bits per heavy atom. The topological polar surface area (TPSA) is 12.0 Å². The number of hydrogen-bond donors (Lipinski definition) is 1. The van der Waals surface area contributed by atoms with Gasteiger partial charge in [-0.25, -0.2) is 0 Å². The summed E-state index contributed by atoms with van der Waals surface area (Å²) in [6.07, 6.45) is 11.2. The van der Waals surface area contributed by atoms with E-state index in [0.717, 1.165) is 5.92 Å². The molecule has 2 heteroatoms. The molecule has 0 spiro atoms. The third-order valence-electron chi connectivity index (χ3n) is 4.27. The Morgan fingerprint density at radius 3 is 2.39 bits per heavy atom. The summed E-state index contributed by atoms with van der Waals surface area (Å²) in [4.78, 5) is 3.08. The predicted octanol–water partition coefficient (Wildman–Crippen LogP) is 4.93. The van der Waals surface area contributed by atoms with Crippen molar-refractivity contribution in [3.8, 4) is 0 Å². The minimum absolute atomic E-state index is 0.591.